The zero-order valence-corrected chi connectivity index (χ0v) is 15.0. The molecule has 0 atom stereocenters. The van der Waals surface area contributed by atoms with E-state index in [-0.39, 0.29) is 5.91 Å². The van der Waals surface area contributed by atoms with Crippen molar-refractivity contribution in [1.29, 1.82) is 0 Å². The fourth-order valence-electron chi connectivity index (χ4n) is 2.37. The van der Waals surface area contributed by atoms with Crippen molar-refractivity contribution in [3.05, 3.63) is 83.0 Å². The molecule has 26 heavy (non-hydrogen) atoms. The Morgan fingerprint density at radius 1 is 1.12 bits per heavy atom. The van der Waals surface area contributed by atoms with Crippen LogP contribution in [0.5, 0.6) is 5.75 Å². The molecular formula is C20H18ClN3O2. The standard InChI is InChI=1S/C20H18ClN3O2/c1-26-17-7-4-6-14(11-17)20(25)24-16-9-10-19(23-13-16)22-12-15-5-2-3-8-18(15)21/h2-11,13H,12H2,1H3,(H,22,23)(H,24,25). The number of ether oxygens (including phenoxy) is 1. The van der Waals surface area contributed by atoms with Crippen molar-refractivity contribution in [2.24, 2.45) is 0 Å². The van der Waals surface area contributed by atoms with Crippen LogP contribution < -0.4 is 15.4 Å². The Kier molecular flexibility index (Phi) is 5.71. The Hall–Kier alpha value is -3.05. The number of hydrogen-bond donors (Lipinski definition) is 2. The average Bonchev–Trinajstić information content (AvgIpc) is 2.68. The Morgan fingerprint density at radius 3 is 2.69 bits per heavy atom. The number of carbonyl (C=O) groups is 1. The lowest BCUT2D eigenvalue weighted by molar-refractivity contribution is 0.102. The number of halogens is 1. The fourth-order valence-corrected chi connectivity index (χ4v) is 2.57. The number of nitrogens with zero attached hydrogens (tertiary/aromatic N) is 1. The van der Waals surface area contributed by atoms with Gasteiger partial charge in [-0.25, -0.2) is 4.98 Å². The normalized spacial score (nSPS) is 10.2. The van der Waals surface area contributed by atoms with Crippen LogP contribution in [-0.2, 0) is 6.54 Å². The van der Waals surface area contributed by atoms with Gasteiger partial charge in [-0.3, -0.25) is 4.79 Å². The monoisotopic (exact) mass is 367 g/mol. The third-order valence-electron chi connectivity index (χ3n) is 3.77. The molecule has 0 radical (unpaired) electrons. The molecule has 132 valence electrons. The highest BCUT2D eigenvalue weighted by Gasteiger charge is 2.07. The number of aromatic nitrogens is 1. The summed E-state index contributed by atoms with van der Waals surface area (Å²) in [5.74, 6) is 1.11. The van der Waals surface area contributed by atoms with Crippen LogP contribution in [0.25, 0.3) is 0 Å². The highest BCUT2D eigenvalue weighted by molar-refractivity contribution is 6.31. The third kappa shape index (κ3) is 4.52. The number of benzene rings is 2. The van der Waals surface area contributed by atoms with Gasteiger partial charge in [0.25, 0.3) is 5.91 Å². The summed E-state index contributed by atoms with van der Waals surface area (Å²) in [4.78, 5) is 16.6. The average molecular weight is 368 g/mol. The molecule has 0 aliphatic heterocycles. The van der Waals surface area contributed by atoms with Gasteiger partial charge in [0.1, 0.15) is 11.6 Å². The van der Waals surface area contributed by atoms with Crippen molar-refractivity contribution in [1.82, 2.24) is 4.98 Å². The highest BCUT2D eigenvalue weighted by atomic mass is 35.5. The van der Waals surface area contributed by atoms with E-state index < -0.39 is 0 Å². The number of pyridine rings is 1. The molecule has 0 saturated heterocycles. The Morgan fingerprint density at radius 2 is 1.96 bits per heavy atom. The number of rotatable bonds is 6. The van der Waals surface area contributed by atoms with E-state index >= 15 is 0 Å². The van der Waals surface area contributed by atoms with Crippen LogP contribution >= 0.6 is 11.6 Å². The van der Waals surface area contributed by atoms with Gasteiger partial charge in [0.15, 0.2) is 0 Å². The van der Waals surface area contributed by atoms with E-state index in [1.807, 2.05) is 24.3 Å². The summed E-state index contributed by atoms with van der Waals surface area (Å²) < 4.78 is 5.13. The molecule has 3 rings (SSSR count). The molecule has 2 aromatic carbocycles. The summed E-state index contributed by atoms with van der Waals surface area (Å²) in [6.45, 7) is 0.572. The zero-order valence-electron chi connectivity index (χ0n) is 14.2. The van der Waals surface area contributed by atoms with Gasteiger partial charge in [-0.15, -0.1) is 0 Å². The van der Waals surface area contributed by atoms with E-state index in [9.17, 15) is 4.79 Å². The second-order valence-electron chi connectivity index (χ2n) is 5.56. The van der Waals surface area contributed by atoms with Gasteiger partial charge in [0.05, 0.1) is 19.0 Å². The van der Waals surface area contributed by atoms with Crippen LogP contribution in [0.1, 0.15) is 15.9 Å². The number of nitrogens with one attached hydrogen (secondary N) is 2. The summed E-state index contributed by atoms with van der Waals surface area (Å²) >= 11 is 6.14. The van der Waals surface area contributed by atoms with Gasteiger partial charge >= 0.3 is 0 Å². The number of anilines is 2. The van der Waals surface area contributed by atoms with Gasteiger partial charge < -0.3 is 15.4 Å². The minimum absolute atomic E-state index is 0.220. The Labute approximate surface area is 157 Å². The zero-order chi connectivity index (χ0) is 18.4. The molecule has 0 aliphatic rings. The molecule has 6 heteroatoms. The maximum atomic E-state index is 12.3. The molecule has 0 fully saturated rings. The Balaban J connectivity index is 1.60. The van der Waals surface area contributed by atoms with Gasteiger partial charge in [-0.1, -0.05) is 35.9 Å². The number of hydrogen-bond acceptors (Lipinski definition) is 4. The molecule has 0 saturated carbocycles. The molecule has 0 spiro atoms. The van der Waals surface area contributed by atoms with Gasteiger partial charge in [-0.2, -0.15) is 0 Å². The highest BCUT2D eigenvalue weighted by Crippen LogP contribution is 2.18. The van der Waals surface area contributed by atoms with Crippen LogP contribution in [0.2, 0.25) is 5.02 Å². The second-order valence-corrected chi connectivity index (χ2v) is 5.97. The van der Waals surface area contributed by atoms with E-state index in [2.05, 4.69) is 15.6 Å². The lowest BCUT2D eigenvalue weighted by Crippen LogP contribution is -2.12. The molecule has 0 bridgehead atoms. The summed E-state index contributed by atoms with van der Waals surface area (Å²) in [5, 5.41) is 6.73. The summed E-state index contributed by atoms with van der Waals surface area (Å²) in [6.07, 6.45) is 1.60. The molecule has 1 heterocycles. The molecule has 3 aromatic rings. The lowest BCUT2D eigenvalue weighted by atomic mass is 10.2. The van der Waals surface area contributed by atoms with E-state index in [1.165, 1.54) is 0 Å². The van der Waals surface area contributed by atoms with Crippen LogP contribution in [0, 0.1) is 0 Å². The van der Waals surface area contributed by atoms with Crippen molar-refractivity contribution in [3.63, 3.8) is 0 Å². The smallest absolute Gasteiger partial charge is 0.255 e. The van der Waals surface area contributed by atoms with Crippen LogP contribution in [0.15, 0.2) is 66.9 Å². The molecular weight excluding hydrogens is 350 g/mol. The largest absolute Gasteiger partial charge is 0.497 e. The van der Waals surface area contributed by atoms with Crippen molar-refractivity contribution in [2.75, 3.05) is 17.7 Å². The molecule has 0 aliphatic carbocycles. The second kappa shape index (κ2) is 8.36. The molecule has 1 aromatic heterocycles. The summed E-state index contributed by atoms with van der Waals surface area (Å²) in [5.41, 5.74) is 2.12. The quantitative estimate of drug-likeness (QED) is 0.668. The minimum Gasteiger partial charge on any atom is -0.497 e. The van der Waals surface area contributed by atoms with Gasteiger partial charge in [0.2, 0.25) is 0 Å². The summed E-state index contributed by atoms with van der Waals surface area (Å²) in [7, 11) is 1.56. The first kappa shape index (κ1) is 17.8. The third-order valence-corrected chi connectivity index (χ3v) is 4.14. The van der Waals surface area contributed by atoms with Gasteiger partial charge in [0, 0.05) is 17.1 Å². The first-order chi connectivity index (χ1) is 12.7. The van der Waals surface area contributed by atoms with Crippen molar-refractivity contribution in [3.8, 4) is 5.75 Å². The van der Waals surface area contributed by atoms with Crippen LogP contribution in [-0.4, -0.2) is 18.0 Å². The predicted molar refractivity (Wildman–Crippen MR) is 104 cm³/mol. The van der Waals surface area contributed by atoms with Crippen molar-refractivity contribution in [2.45, 2.75) is 6.54 Å². The number of carbonyl (C=O) groups excluding carboxylic acids is 1. The lowest BCUT2D eigenvalue weighted by Gasteiger charge is -2.09. The van der Waals surface area contributed by atoms with E-state index in [0.29, 0.717) is 34.4 Å². The number of methoxy groups -OCH3 is 1. The fraction of sp³-hybridized carbons (Fsp3) is 0.100. The SMILES string of the molecule is COc1cccc(C(=O)Nc2ccc(NCc3ccccc3Cl)nc2)c1. The predicted octanol–water partition coefficient (Wildman–Crippen LogP) is 4.61. The first-order valence-corrected chi connectivity index (χ1v) is 8.42. The molecule has 1 amide bonds. The minimum atomic E-state index is -0.220. The van der Waals surface area contributed by atoms with Crippen molar-refractivity contribution >= 4 is 29.0 Å². The van der Waals surface area contributed by atoms with Crippen LogP contribution in [0.4, 0.5) is 11.5 Å². The summed E-state index contributed by atoms with van der Waals surface area (Å²) in [6, 6.07) is 18.2. The van der Waals surface area contributed by atoms with Crippen molar-refractivity contribution < 1.29 is 9.53 Å². The maximum absolute atomic E-state index is 12.3. The van der Waals surface area contributed by atoms with Gasteiger partial charge in [-0.05, 0) is 42.0 Å². The maximum Gasteiger partial charge on any atom is 0.255 e. The van der Waals surface area contributed by atoms with E-state index in [4.69, 9.17) is 16.3 Å². The van der Waals surface area contributed by atoms with E-state index in [0.717, 1.165) is 5.56 Å². The molecule has 5 nitrogen and oxygen atoms in total. The van der Waals surface area contributed by atoms with E-state index in [1.54, 1.807) is 49.7 Å². The number of amides is 1. The first-order valence-electron chi connectivity index (χ1n) is 8.04. The topological polar surface area (TPSA) is 63.2 Å². The Bertz CT molecular complexity index is 898. The molecule has 2 N–H and O–H groups in total. The molecule has 0 unspecified atom stereocenters. The van der Waals surface area contributed by atoms with Crippen LogP contribution in [0.3, 0.4) is 0 Å².